The number of likely N-dealkylation sites (tertiary alicyclic amines) is 1. The first-order valence-electron chi connectivity index (χ1n) is 8.60. The van der Waals surface area contributed by atoms with E-state index in [1.165, 1.54) is 17.0 Å². The molecule has 29 heavy (non-hydrogen) atoms. The number of sulfonamides is 1. The molecular weight excluding hydrogens is 479 g/mol. The van der Waals surface area contributed by atoms with Gasteiger partial charge >= 0.3 is 0 Å². The van der Waals surface area contributed by atoms with Gasteiger partial charge in [-0.2, -0.15) is 0 Å². The molecule has 1 fully saturated rings. The Labute approximate surface area is 187 Å². The zero-order valence-electron chi connectivity index (χ0n) is 15.2. The number of hydrogen-bond acceptors (Lipinski definition) is 5. The third-order valence-corrected chi connectivity index (χ3v) is 8.51. The fourth-order valence-corrected chi connectivity index (χ4v) is 6.08. The molecular formula is C18H17Cl3N2O4S2. The number of rotatable bonds is 6. The van der Waals surface area contributed by atoms with Crippen LogP contribution in [0.4, 0.5) is 0 Å². The molecule has 1 aliphatic heterocycles. The van der Waals surface area contributed by atoms with Gasteiger partial charge in [-0.05, 0) is 49.6 Å². The van der Waals surface area contributed by atoms with Crippen molar-refractivity contribution in [3.63, 3.8) is 0 Å². The number of thiophene rings is 1. The number of carbonyl (C=O) groups is 2. The monoisotopic (exact) mass is 494 g/mol. The lowest BCUT2D eigenvalue weighted by Crippen LogP contribution is -2.67. The minimum Gasteiger partial charge on any atom is -0.328 e. The molecule has 1 aliphatic rings. The molecule has 2 amide bonds. The van der Waals surface area contributed by atoms with Crippen molar-refractivity contribution in [1.29, 1.82) is 0 Å². The summed E-state index contributed by atoms with van der Waals surface area (Å²) in [6.07, 6.45) is 0.888. The average molecular weight is 496 g/mol. The van der Waals surface area contributed by atoms with Gasteiger partial charge in [-0.15, -0.1) is 11.3 Å². The molecule has 0 spiro atoms. The number of amides is 2. The van der Waals surface area contributed by atoms with Crippen LogP contribution in [0.5, 0.6) is 0 Å². The van der Waals surface area contributed by atoms with Crippen LogP contribution in [-0.2, 0) is 26.0 Å². The van der Waals surface area contributed by atoms with E-state index >= 15 is 0 Å². The molecule has 2 heterocycles. The molecule has 1 N–H and O–H groups in total. The molecule has 6 nitrogen and oxygen atoms in total. The van der Waals surface area contributed by atoms with Gasteiger partial charge in [0, 0.05) is 23.0 Å². The standard InChI is InChI=1S/C18H17Cl3N2O4S2/c1-18(17(25)22-29(26,27)16-7-5-14(21)28-16)8-9-23(18)15(24)6-3-11-2-4-12(19)10-13(11)20/h2,4-5,7,10H,3,6,8-9H2,1H3,(H,22,25). The van der Waals surface area contributed by atoms with Crippen LogP contribution in [0.15, 0.2) is 34.5 Å². The summed E-state index contributed by atoms with van der Waals surface area (Å²) in [4.78, 5) is 26.7. The Morgan fingerprint density at radius 2 is 1.93 bits per heavy atom. The van der Waals surface area contributed by atoms with Crippen molar-refractivity contribution in [1.82, 2.24) is 9.62 Å². The first-order chi connectivity index (χ1) is 13.5. The Morgan fingerprint density at radius 3 is 2.48 bits per heavy atom. The van der Waals surface area contributed by atoms with E-state index in [4.69, 9.17) is 34.8 Å². The molecule has 2 aromatic rings. The molecule has 1 aromatic heterocycles. The Bertz CT molecular complexity index is 1070. The number of nitrogens with one attached hydrogen (secondary N) is 1. The van der Waals surface area contributed by atoms with Crippen molar-refractivity contribution in [2.24, 2.45) is 0 Å². The van der Waals surface area contributed by atoms with Crippen LogP contribution in [0.2, 0.25) is 14.4 Å². The average Bonchev–Trinajstić information content (AvgIpc) is 3.06. The van der Waals surface area contributed by atoms with E-state index in [1.54, 1.807) is 25.1 Å². The Morgan fingerprint density at radius 1 is 1.21 bits per heavy atom. The van der Waals surface area contributed by atoms with Gasteiger partial charge < -0.3 is 4.90 Å². The summed E-state index contributed by atoms with van der Waals surface area (Å²) in [5.41, 5.74) is -0.456. The SMILES string of the molecule is CC1(C(=O)NS(=O)(=O)c2ccc(Cl)s2)CCN1C(=O)CCc1ccc(Cl)cc1Cl. The molecule has 1 aromatic carbocycles. The van der Waals surface area contributed by atoms with Crippen LogP contribution >= 0.6 is 46.1 Å². The summed E-state index contributed by atoms with van der Waals surface area (Å²) in [6.45, 7) is 1.93. The molecule has 0 saturated carbocycles. The maximum Gasteiger partial charge on any atom is 0.273 e. The maximum absolute atomic E-state index is 12.7. The Balaban J connectivity index is 1.65. The predicted molar refractivity (Wildman–Crippen MR) is 114 cm³/mol. The van der Waals surface area contributed by atoms with Crippen LogP contribution in [-0.4, -0.2) is 37.2 Å². The number of aryl methyl sites for hydroxylation is 1. The topological polar surface area (TPSA) is 83.6 Å². The second-order valence-electron chi connectivity index (χ2n) is 6.80. The minimum atomic E-state index is -4.05. The minimum absolute atomic E-state index is 0.0611. The summed E-state index contributed by atoms with van der Waals surface area (Å²) >= 11 is 18.6. The van der Waals surface area contributed by atoms with Gasteiger partial charge in [-0.25, -0.2) is 13.1 Å². The van der Waals surface area contributed by atoms with Crippen molar-refractivity contribution in [3.05, 3.63) is 50.3 Å². The van der Waals surface area contributed by atoms with Crippen LogP contribution in [0.25, 0.3) is 0 Å². The van der Waals surface area contributed by atoms with Gasteiger partial charge in [0.2, 0.25) is 5.91 Å². The summed E-state index contributed by atoms with van der Waals surface area (Å²) in [6, 6.07) is 7.80. The van der Waals surface area contributed by atoms with Crippen LogP contribution in [0, 0.1) is 0 Å². The van der Waals surface area contributed by atoms with E-state index in [-0.39, 0.29) is 16.5 Å². The Hall–Kier alpha value is -1.32. The number of halogens is 3. The molecule has 0 radical (unpaired) electrons. The largest absolute Gasteiger partial charge is 0.328 e. The highest BCUT2D eigenvalue weighted by molar-refractivity contribution is 7.92. The normalized spacial score (nSPS) is 19.0. The van der Waals surface area contributed by atoms with E-state index < -0.39 is 21.5 Å². The van der Waals surface area contributed by atoms with Gasteiger partial charge in [0.25, 0.3) is 15.9 Å². The molecule has 1 unspecified atom stereocenters. The summed E-state index contributed by atoms with van der Waals surface area (Å²) in [7, 11) is -4.05. The van der Waals surface area contributed by atoms with Gasteiger partial charge in [-0.3, -0.25) is 9.59 Å². The molecule has 1 atom stereocenters. The van der Waals surface area contributed by atoms with E-state index in [9.17, 15) is 18.0 Å². The number of benzene rings is 1. The molecule has 1 saturated heterocycles. The number of nitrogens with zero attached hydrogens (tertiary/aromatic N) is 1. The highest BCUT2D eigenvalue weighted by Crippen LogP contribution is 2.33. The molecule has 0 bridgehead atoms. The zero-order chi connectivity index (χ0) is 21.4. The van der Waals surface area contributed by atoms with Gasteiger partial charge in [-0.1, -0.05) is 40.9 Å². The van der Waals surface area contributed by atoms with Crippen molar-refractivity contribution in [3.8, 4) is 0 Å². The van der Waals surface area contributed by atoms with Crippen LogP contribution in [0.1, 0.15) is 25.3 Å². The third-order valence-electron chi connectivity index (χ3n) is 4.87. The summed E-state index contributed by atoms with van der Waals surface area (Å²) in [5.74, 6) is -0.998. The van der Waals surface area contributed by atoms with Crippen molar-refractivity contribution < 1.29 is 18.0 Å². The van der Waals surface area contributed by atoms with Gasteiger partial charge in [0.05, 0.1) is 4.34 Å². The van der Waals surface area contributed by atoms with E-state index in [0.29, 0.717) is 33.8 Å². The smallest absolute Gasteiger partial charge is 0.273 e. The molecule has 0 aliphatic carbocycles. The lowest BCUT2D eigenvalue weighted by molar-refractivity contribution is -0.156. The summed E-state index contributed by atoms with van der Waals surface area (Å²) < 4.78 is 27.1. The lowest BCUT2D eigenvalue weighted by Gasteiger charge is -2.49. The first kappa shape index (κ1) is 22.4. The second kappa shape index (κ2) is 8.43. The van der Waals surface area contributed by atoms with E-state index in [1.807, 2.05) is 0 Å². The van der Waals surface area contributed by atoms with Crippen molar-refractivity contribution in [2.45, 2.75) is 35.9 Å². The van der Waals surface area contributed by atoms with Crippen molar-refractivity contribution >= 4 is 68.0 Å². The van der Waals surface area contributed by atoms with Gasteiger partial charge in [0.1, 0.15) is 9.75 Å². The van der Waals surface area contributed by atoms with Crippen LogP contribution in [0.3, 0.4) is 0 Å². The van der Waals surface area contributed by atoms with Crippen molar-refractivity contribution in [2.75, 3.05) is 6.54 Å². The number of hydrogen-bond donors (Lipinski definition) is 1. The molecule has 156 valence electrons. The van der Waals surface area contributed by atoms with E-state index in [2.05, 4.69) is 4.72 Å². The zero-order valence-corrected chi connectivity index (χ0v) is 19.1. The molecule has 3 rings (SSSR count). The maximum atomic E-state index is 12.7. The quantitative estimate of drug-likeness (QED) is 0.653. The first-order valence-corrected chi connectivity index (χ1v) is 12.0. The second-order valence-corrected chi connectivity index (χ2v) is 11.3. The van der Waals surface area contributed by atoms with Gasteiger partial charge in [0.15, 0.2) is 0 Å². The number of carbonyl (C=O) groups excluding carboxylic acids is 2. The summed E-state index contributed by atoms with van der Waals surface area (Å²) in [5, 5.41) is 0.973. The lowest BCUT2D eigenvalue weighted by atomic mass is 9.85. The Kier molecular flexibility index (Phi) is 6.50. The van der Waals surface area contributed by atoms with E-state index in [0.717, 1.165) is 16.9 Å². The predicted octanol–water partition coefficient (Wildman–Crippen LogP) is 4.14. The fourth-order valence-electron chi connectivity index (χ4n) is 3.02. The fraction of sp³-hybridized carbons (Fsp3) is 0.333. The third kappa shape index (κ3) is 4.72. The highest BCUT2D eigenvalue weighted by atomic mass is 35.5. The highest BCUT2D eigenvalue weighted by Gasteiger charge is 2.50. The van der Waals surface area contributed by atoms with Crippen LogP contribution < -0.4 is 4.72 Å². The molecule has 11 heteroatoms.